The van der Waals surface area contributed by atoms with E-state index < -0.39 is 0 Å². The summed E-state index contributed by atoms with van der Waals surface area (Å²) in [4.78, 5) is 17.0. The zero-order valence-electron chi connectivity index (χ0n) is 20.9. The van der Waals surface area contributed by atoms with Crippen LogP contribution in [0.3, 0.4) is 0 Å². The van der Waals surface area contributed by atoms with Crippen LogP contribution in [0.15, 0.2) is 91.4 Å². The van der Waals surface area contributed by atoms with E-state index in [0.29, 0.717) is 5.02 Å². The van der Waals surface area contributed by atoms with Gasteiger partial charge in [0.2, 0.25) is 5.91 Å². The van der Waals surface area contributed by atoms with Gasteiger partial charge in [0.25, 0.3) is 0 Å². The topological polar surface area (TPSA) is 68.5 Å². The molecule has 0 spiro atoms. The van der Waals surface area contributed by atoms with Crippen LogP contribution >= 0.6 is 11.6 Å². The fraction of sp³-hybridized carbons (Fsp3) is 0.167. The molecule has 2 heterocycles. The molecule has 0 saturated heterocycles. The number of benzene rings is 3. The molecule has 7 heteroatoms. The Hall–Kier alpha value is -4.16. The van der Waals surface area contributed by atoms with Gasteiger partial charge in [-0.05, 0) is 74.4 Å². The molecule has 0 aliphatic heterocycles. The van der Waals surface area contributed by atoms with Gasteiger partial charge in [0.1, 0.15) is 17.7 Å². The summed E-state index contributed by atoms with van der Waals surface area (Å²) in [7, 11) is 0. The minimum absolute atomic E-state index is 0.0883. The number of amides is 1. The number of anilines is 1. The fourth-order valence-electron chi connectivity index (χ4n) is 4.08. The van der Waals surface area contributed by atoms with Crippen LogP contribution in [0.25, 0.3) is 27.9 Å². The number of fused-ring (bicyclic) bond motifs is 1. The lowest BCUT2D eigenvalue weighted by Gasteiger charge is -2.21. The Morgan fingerprint density at radius 3 is 2.27 bits per heavy atom. The number of halogens is 1. The Bertz CT molecular complexity index is 1530. The SMILES string of the molecule is CC(C)(C)Oc1ccc(-c2cc3c(-c4ccc(NC(=O)Cc5ccc(Cl)cc5)cc4)ncnn3c2)cc1. The first-order chi connectivity index (χ1) is 17.7. The maximum atomic E-state index is 12.4. The lowest BCUT2D eigenvalue weighted by Crippen LogP contribution is -2.22. The van der Waals surface area contributed by atoms with Crippen molar-refractivity contribution in [3.8, 4) is 28.1 Å². The van der Waals surface area contributed by atoms with Crippen LogP contribution in [0.5, 0.6) is 5.75 Å². The Morgan fingerprint density at radius 2 is 1.59 bits per heavy atom. The van der Waals surface area contributed by atoms with Gasteiger partial charge in [-0.1, -0.05) is 48.0 Å². The van der Waals surface area contributed by atoms with Gasteiger partial charge in [0, 0.05) is 28.0 Å². The van der Waals surface area contributed by atoms with Crippen LogP contribution in [0.4, 0.5) is 5.69 Å². The summed E-state index contributed by atoms with van der Waals surface area (Å²) >= 11 is 5.92. The molecule has 5 rings (SSSR count). The monoisotopic (exact) mass is 510 g/mol. The number of ether oxygens (including phenoxy) is 1. The molecule has 0 radical (unpaired) electrons. The molecule has 1 N–H and O–H groups in total. The van der Waals surface area contributed by atoms with Crippen LogP contribution in [0, 0.1) is 0 Å². The number of aromatic nitrogens is 3. The summed E-state index contributed by atoms with van der Waals surface area (Å²) in [5.74, 6) is 0.746. The van der Waals surface area contributed by atoms with E-state index in [2.05, 4.69) is 21.5 Å². The molecule has 0 saturated carbocycles. The van der Waals surface area contributed by atoms with E-state index in [-0.39, 0.29) is 17.9 Å². The van der Waals surface area contributed by atoms with E-state index in [1.54, 1.807) is 18.5 Å². The zero-order valence-corrected chi connectivity index (χ0v) is 21.7. The van der Waals surface area contributed by atoms with Crippen molar-refractivity contribution in [3.05, 3.63) is 102 Å². The van der Waals surface area contributed by atoms with Crippen molar-refractivity contribution < 1.29 is 9.53 Å². The highest BCUT2D eigenvalue weighted by molar-refractivity contribution is 6.30. The van der Waals surface area contributed by atoms with Crippen molar-refractivity contribution in [2.45, 2.75) is 32.8 Å². The van der Waals surface area contributed by atoms with Gasteiger partial charge < -0.3 is 10.1 Å². The molecule has 0 aliphatic carbocycles. The molecule has 0 aliphatic rings. The average molecular weight is 511 g/mol. The minimum atomic E-state index is -0.244. The lowest BCUT2D eigenvalue weighted by molar-refractivity contribution is -0.115. The van der Waals surface area contributed by atoms with E-state index in [0.717, 1.165) is 44.9 Å². The predicted molar refractivity (Wildman–Crippen MR) is 148 cm³/mol. The zero-order chi connectivity index (χ0) is 26.0. The summed E-state index contributed by atoms with van der Waals surface area (Å²) in [5.41, 5.74) is 6.13. The van der Waals surface area contributed by atoms with Gasteiger partial charge in [-0.2, -0.15) is 5.10 Å². The molecule has 0 unspecified atom stereocenters. The predicted octanol–water partition coefficient (Wildman–Crippen LogP) is 7.08. The molecular formula is C30H27ClN4O2. The quantitative estimate of drug-likeness (QED) is 0.265. The molecule has 5 aromatic rings. The summed E-state index contributed by atoms with van der Waals surface area (Å²) in [6, 6.07) is 25.1. The second-order valence-electron chi connectivity index (χ2n) is 9.83. The molecule has 2 aromatic heterocycles. The van der Waals surface area contributed by atoms with Crippen LogP contribution < -0.4 is 10.1 Å². The standard InChI is InChI=1S/C30H27ClN4O2/c1-30(2,3)37-26-14-8-21(9-15-26)23-17-27-29(32-19-33-35(27)18-23)22-6-12-25(13-7-22)34-28(36)16-20-4-10-24(31)11-5-20/h4-15,17-19H,16H2,1-3H3,(H,34,36). The van der Waals surface area contributed by atoms with Crippen molar-refractivity contribution in [1.29, 1.82) is 0 Å². The van der Waals surface area contributed by atoms with Gasteiger partial charge in [-0.15, -0.1) is 0 Å². The van der Waals surface area contributed by atoms with E-state index in [9.17, 15) is 4.79 Å². The molecule has 6 nitrogen and oxygen atoms in total. The van der Waals surface area contributed by atoms with E-state index in [4.69, 9.17) is 16.3 Å². The number of nitrogens with one attached hydrogen (secondary N) is 1. The summed E-state index contributed by atoms with van der Waals surface area (Å²) in [6.45, 7) is 6.09. The van der Waals surface area contributed by atoms with E-state index >= 15 is 0 Å². The van der Waals surface area contributed by atoms with Crippen molar-refractivity contribution in [1.82, 2.24) is 14.6 Å². The lowest BCUT2D eigenvalue weighted by atomic mass is 10.1. The Kier molecular flexibility index (Phi) is 6.68. The van der Waals surface area contributed by atoms with Gasteiger partial charge in [0.05, 0.1) is 17.6 Å². The maximum absolute atomic E-state index is 12.4. The fourth-order valence-corrected chi connectivity index (χ4v) is 4.21. The summed E-state index contributed by atoms with van der Waals surface area (Å²) < 4.78 is 7.77. The minimum Gasteiger partial charge on any atom is -0.488 e. The number of nitrogens with zero attached hydrogens (tertiary/aromatic N) is 3. The molecular weight excluding hydrogens is 484 g/mol. The van der Waals surface area contributed by atoms with E-state index in [1.165, 1.54) is 0 Å². The normalized spacial score (nSPS) is 11.5. The Labute approximate surface area is 220 Å². The Balaban J connectivity index is 1.33. The summed E-state index contributed by atoms with van der Waals surface area (Å²) in [6.07, 6.45) is 3.82. The van der Waals surface area contributed by atoms with Crippen LogP contribution in [-0.4, -0.2) is 26.1 Å². The van der Waals surface area contributed by atoms with Crippen LogP contribution in [-0.2, 0) is 11.2 Å². The van der Waals surface area contributed by atoms with Crippen LogP contribution in [0.1, 0.15) is 26.3 Å². The van der Waals surface area contributed by atoms with Crippen molar-refractivity contribution in [2.24, 2.45) is 0 Å². The summed E-state index contributed by atoms with van der Waals surface area (Å²) in [5, 5.41) is 7.99. The molecule has 3 aromatic carbocycles. The third-order valence-electron chi connectivity index (χ3n) is 5.74. The largest absolute Gasteiger partial charge is 0.488 e. The third kappa shape index (κ3) is 5.98. The average Bonchev–Trinajstić information content (AvgIpc) is 3.30. The van der Waals surface area contributed by atoms with Gasteiger partial charge >= 0.3 is 0 Å². The molecule has 0 fully saturated rings. The number of hydrogen-bond acceptors (Lipinski definition) is 4. The molecule has 1 amide bonds. The van der Waals surface area contributed by atoms with E-state index in [1.807, 2.05) is 92.1 Å². The molecule has 0 atom stereocenters. The first-order valence-electron chi connectivity index (χ1n) is 12.0. The van der Waals surface area contributed by atoms with Crippen molar-refractivity contribution in [3.63, 3.8) is 0 Å². The highest BCUT2D eigenvalue weighted by Gasteiger charge is 2.13. The van der Waals surface area contributed by atoms with Gasteiger partial charge in [-0.3, -0.25) is 4.79 Å². The molecule has 0 bridgehead atoms. The van der Waals surface area contributed by atoms with Crippen LogP contribution in [0.2, 0.25) is 5.02 Å². The second kappa shape index (κ2) is 10.1. The number of carbonyl (C=O) groups is 1. The van der Waals surface area contributed by atoms with Crippen molar-refractivity contribution >= 4 is 28.7 Å². The number of hydrogen-bond donors (Lipinski definition) is 1. The third-order valence-corrected chi connectivity index (χ3v) is 5.99. The smallest absolute Gasteiger partial charge is 0.228 e. The first kappa shape index (κ1) is 24.5. The second-order valence-corrected chi connectivity index (χ2v) is 10.3. The first-order valence-corrected chi connectivity index (χ1v) is 12.4. The molecule has 37 heavy (non-hydrogen) atoms. The highest BCUT2D eigenvalue weighted by Crippen LogP contribution is 2.30. The van der Waals surface area contributed by atoms with Gasteiger partial charge in [-0.25, -0.2) is 9.50 Å². The highest BCUT2D eigenvalue weighted by atomic mass is 35.5. The number of carbonyl (C=O) groups excluding carboxylic acids is 1. The maximum Gasteiger partial charge on any atom is 0.228 e. The number of rotatable bonds is 6. The van der Waals surface area contributed by atoms with Crippen molar-refractivity contribution in [2.75, 3.05) is 5.32 Å². The molecule has 186 valence electrons. The Morgan fingerprint density at radius 1 is 0.919 bits per heavy atom. The van der Waals surface area contributed by atoms with Gasteiger partial charge in [0.15, 0.2) is 0 Å².